The molecule has 0 spiro atoms. The predicted molar refractivity (Wildman–Crippen MR) is 113 cm³/mol. The smallest absolute Gasteiger partial charge is 0.310 e. The number of likely N-dealkylation sites (tertiary alicyclic amines) is 1. The van der Waals surface area contributed by atoms with Crippen LogP contribution in [0.15, 0.2) is 36.7 Å². The summed E-state index contributed by atoms with van der Waals surface area (Å²) in [6, 6.07) is 4.59. The minimum absolute atomic E-state index is 0.0107. The number of aromatic nitrogens is 1. The van der Waals surface area contributed by atoms with Crippen molar-refractivity contribution in [1.82, 2.24) is 9.88 Å². The number of fused-ring (bicyclic) bond motifs is 2. The first-order chi connectivity index (χ1) is 14.0. The number of ether oxygens (including phenoxy) is 1. The molecule has 0 amide bonds. The first-order valence-corrected chi connectivity index (χ1v) is 11.6. The van der Waals surface area contributed by atoms with Crippen LogP contribution in [0.2, 0.25) is 0 Å². The second-order valence-electron chi connectivity index (χ2n) is 10.2. The molecule has 0 aromatic carbocycles. The Kier molecular flexibility index (Phi) is 5.01. The normalized spacial score (nSPS) is 40.2. The van der Waals surface area contributed by atoms with Gasteiger partial charge in [0, 0.05) is 30.9 Å². The van der Waals surface area contributed by atoms with E-state index in [9.17, 15) is 4.79 Å². The molecule has 2 saturated heterocycles. The molecule has 4 heteroatoms. The molecule has 0 radical (unpaired) electrons. The molecule has 2 saturated carbocycles. The van der Waals surface area contributed by atoms with Gasteiger partial charge in [0.1, 0.15) is 6.10 Å². The maximum Gasteiger partial charge on any atom is 0.310 e. The molecule has 156 valence electrons. The van der Waals surface area contributed by atoms with E-state index < -0.39 is 0 Å². The van der Waals surface area contributed by atoms with Crippen molar-refractivity contribution in [2.45, 2.75) is 70.4 Å². The van der Waals surface area contributed by atoms with Gasteiger partial charge in [-0.2, -0.15) is 0 Å². The Morgan fingerprint density at radius 3 is 3.07 bits per heavy atom. The van der Waals surface area contributed by atoms with Gasteiger partial charge < -0.3 is 4.74 Å². The molecule has 29 heavy (non-hydrogen) atoms. The van der Waals surface area contributed by atoms with Crippen LogP contribution in [-0.2, 0) is 9.53 Å². The number of allylic oxidation sites excluding steroid dienone is 1. The number of hydrogen-bond donors (Lipinski definition) is 0. The van der Waals surface area contributed by atoms with Crippen molar-refractivity contribution in [3.8, 4) is 0 Å². The molecule has 4 aliphatic rings. The lowest BCUT2D eigenvalue weighted by molar-refractivity contribution is -0.146. The highest BCUT2D eigenvalue weighted by Gasteiger charge is 2.55. The third-order valence-electron chi connectivity index (χ3n) is 8.43. The van der Waals surface area contributed by atoms with E-state index >= 15 is 0 Å². The molecule has 0 bridgehead atoms. The second kappa shape index (κ2) is 7.54. The van der Waals surface area contributed by atoms with Crippen LogP contribution >= 0.6 is 0 Å². The summed E-state index contributed by atoms with van der Waals surface area (Å²) in [6.45, 7) is 8.72. The fourth-order valence-electron chi connectivity index (χ4n) is 6.88. The summed E-state index contributed by atoms with van der Waals surface area (Å²) in [6.07, 6.45) is 13.3. The third kappa shape index (κ3) is 3.43. The maximum atomic E-state index is 13.0. The fraction of sp³-hybridized carbons (Fsp3) is 0.680. The lowest BCUT2D eigenvalue weighted by Gasteiger charge is -2.50. The summed E-state index contributed by atoms with van der Waals surface area (Å²) in [5, 5.41) is 0. The lowest BCUT2D eigenvalue weighted by Crippen LogP contribution is -2.46. The van der Waals surface area contributed by atoms with Crippen molar-refractivity contribution < 1.29 is 9.53 Å². The van der Waals surface area contributed by atoms with E-state index in [-0.39, 0.29) is 23.4 Å². The Bertz CT molecular complexity index is 778. The zero-order chi connectivity index (χ0) is 20.0. The SMILES string of the molecule is C=C1CCC[C@]2(C)C[C@H]3OC(=O)C(CN4CCCCC4c4cccnc4)[C@H]3C[C@@H]12. The van der Waals surface area contributed by atoms with Crippen molar-refractivity contribution in [3.05, 3.63) is 42.2 Å². The Balaban J connectivity index is 1.35. The average molecular weight is 395 g/mol. The Hall–Kier alpha value is -1.68. The minimum atomic E-state index is 0.0107. The largest absolute Gasteiger partial charge is 0.462 e. The Labute approximate surface area is 174 Å². The van der Waals surface area contributed by atoms with E-state index in [1.165, 1.54) is 36.8 Å². The number of piperidine rings is 1. The van der Waals surface area contributed by atoms with Crippen molar-refractivity contribution in [2.75, 3.05) is 13.1 Å². The molecule has 4 fully saturated rings. The first kappa shape index (κ1) is 19.3. The Morgan fingerprint density at radius 1 is 1.34 bits per heavy atom. The second-order valence-corrected chi connectivity index (χ2v) is 10.2. The number of rotatable bonds is 3. The Morgan fingerprint density at radius 2 is 2.24 bits per heavy atom. The quantitative estimate of drug-likeness (QED) is 0.539. The standard InChI is InChI=1S/C25H34N2O2/c1-17-7-5-10-25(2)14-23-19(13-21(17)25)20(24(28)29-23)16-27-12-4-3-9-22(27)18-8-6-11-26-15-18/h6,8,11,15,19-23H,1,3-5,7,9-10,12-14,16H2,2H3/t19-,20?,21+,22?,23-,25-/m1/s1. The van der Waals surface area contributed by atoms with Gasteiger partial charge in [-0.25, -0.2) is 0 Å². The number of nitrogens with zero attached hydrogens (tertiary/aromatic N) is 2. The van der Waals surface area contributed by atoms with Crippen molar-refractivity contribution >= 4 is 5.97 Å². The maximum absolute atomic E-state index is 13.0. The molecule has 2 aliphatic carbocycles. The van der Waals surface area contributed by atoms with Gasteiger partial charge in [0.25, 0.3) is 0 Å². The minimum Gasteiger partial charge on any atom is -0.462 e. The molecule has 3 heterocycles. The number of carbonyl (C=O) groups is 1. The van der Waals surface area contributed by atoms with Crippen molar-refractivity contribution in [2.24, 2.45) is 23.2 Å². The molecule has 6 atom stereocenters. The van der Waals surface area contributed by atoms with Crippen LogP contribution in [-0.4, -0.2) is 35.0 Å². The summed E-state index contributed by atoms with van der Waals surface area (Å²) in [4.78, 5) is 19.8. The van der Waals surface area contributed by atoms with Crippen LogP contribution in [0.25, 0.3) is 0 Å². The van der Waals surface area contributed by atoms with E-state index in [0.717, 1.165) is 38.8 Å². The number of hydrogen-bond acceptors (Lipinski definition) is 4. The average Bonchev–Trinajstić information content (AvgIpc) is 3.01. The number of pyridine rings is 1. The highest BCUT2D eigenvalue weighted by Crippen LogP contribution is 2.57. The van der Waals surface area contributed by atoms with Crippen LogP contribution in [0.1, 0.15) is 69.9 Å². The van der Waals surface area contributed by atoms with E-state index in [2.05, 4.69) is 29.5 Å². The summed E-state index contributed by atoms with van der Waals surface area (Å²) in [5.74, 6) is 0.969. The molecule has 0 N–H and O–H groups in total. The van der Waals surface area contributed by atoms with Gasteiger partial charge in [-0.05, 0) is 74.5 Å². The van der Waals surface area contributed by atoms with E-state index in [0.29, 0.717) is 17.9 Å². The predicted octanol–water partition coefficient (Wildman–Crippen LogP) is 4.92. The van der Waals surface area contributed by atoms with Gasteiger partial charge >= 0.3 is 5.97 Å². The zero-order valence-electron chi connectivity index (χ0n) is 17.7. The van der Waals surface area contributed by atoms with Crippen molar-refractivity contribution in [1.29, 1.82) is 0 Å². The zero-order valence-corrected chi connectivity index (χ0v) is 17.7. The summed E-state index contributed by atoms with van der Waals surface area (Å²) >= 11 is 0. The van der Waals surface area contributed by atoms with Gasteiger partial charge in [0.2, 0.25) is 0 Å². The molecule has 4 nitrogen and oxygen atoms in total. The highest BCUT2D eigenvalue weighted by atomic mass is 16.6. The molecule has 2 aliphatic heterocycles. The van der Waals surface area contributed by atoms with Gasteiger partial charge in [-0.3, -0.25) is 14.7 Å². The van der Waals surface area contributed by atoms with E-state index in [4.69, 9.17) is 4.74 Å². The first-order valence-electron chi connectivity index (χ1n) is 11.6. The van der Waals surface area contributed by atoms with Crippen LogP contribution in [0.5, 0.6) is 0 Å². The summed E-state index contributed by atoms with van der Waals surface area (Å²) < 4.78 is 6.00. The lowest BCUT2D eigenvalue weighted by atomic mass is 9.55. The van der Waals surface area contributed by atoms with Crippen LogP contribution in [0.4, 0.5) is 0 Å². The summed E-state index contributed by atoms with van der Waals surface area (Å²) in [7, 11) is 0. The summed E-state index contributed by atoms with van der Waals surface area (Å²) in [5.41, 5.74) is 2.98. The van der Waals surface area contributed by atoms with Gasteiger partial charge in [0.05, 0.1) is 5.92 Å². The van der Waals surface area contributed by atoms with Crippen LogP contribution in [0.3, 0.4) is 0 Å². The van der Waals surface area contributed by atoms with Crippen LogP contribution in [0, 0.1) is 23.2 Å². The molecule has 1 aromatic heterocycles. The molecule has 1 aromatic rings. The van der Waals surface area contributed by atoms with Gasteiger partial charge in [-0.15, -0.1) is 0 Å². The number of carbonyl (C=O) groups excluding carboxylic acids is 1. The fourth-order valence-corrected chi connectivity index (χ4v) is 6.88. The molecular weight excluding hydrogens is 360 g/mol. The molecular formula is C25H34N2O2. The molecule has 5 rings (SSSR count). The van der Waals surface area contributed by atoms with E-state index in [1.54, 1.807) is 0 Å². The van der Waals surface area contributed by atoms with Crippen molar-refractivity contribution in [3.63, 3.8) is 0 Å². The third-order valence-corrected chi connectivity index (χ3v) is 8.43. The van der Waals surface area contributed by atoms with Crippen LogP contribution < -0.4 is 0 Å². The monoisotopic (exact) mass is 394 g/mol. The van der Waals surface area contributed by atoms with Gasteiger partial charge in [-0.1, -0.05) is 31.6 Å². The molecule has 2 unspecified atom stereocenters. The number of esters is 1. The highest BCUT2D eigenvalue weighted by molar-refractivity contribution is 5.75. The van der Waals surface area contributed by atoms with E-state index in [1.807, 2.05) is 18.5 Å². The van der Waals surface area contributed by atoms with Gasteiger partial charge in [0.15, 0.2) is 0 Å². The topological polar surface area (TPSA) is 42.4 Å².